The van der Waals surface area contributed by atoms with Gasteiger partial charge in [0.1, 0.15) is 0 Å². The number of nitrogens with one attached hydrogen (secondary N) is 1. The normalized spacial score (nSPS) is 14.8. The lowest BCUT2D eigenvalue weighted by Gasteiger charge is -2.15. The number of carbonyl (C=O) groups is 1. The first kappa shape index (κ1) is 14.3. The summed E-state index contributed by atoms with van der Waals surface area (Å²) in [7, 11) is 1.99. The van der Waals surface area contributed by atoms with Crippen LogP contribution in [0.1, 0.15) is 16.7 Å². The van der Waals surface area contributed by atoms with E-state index in [2.05, 4.69) is 15.2 Å². The van der Waals surface area contributed by atoms with Crippen LogP contribution in [0.25, 0.3) is 5.57 Å². The van der Waals surface area contributed by atoms with Crippen LogP contribution < -0.4 is 5.32 Å². The second kappa shape index (κ2) is 6.02. The number of rotatable bonds is 4. The lowest BCUT2D eigenvalue weighted by atomic mass is 10.1. The molecule has 1 aromatic heterocycles. The maximum Gasteiger partial charge on any atom is 0.257 e. The second-order valence-electron chi connectivity index (χ2n) is 5.63. The van der Waals surface area contributed by atoms with Gasteiger partial charge in [-0.05, 0) is 42.7 Å². The van der Waals surface area contributed by atoms with Crippen LogP contribution in [0.5, 0.6) is 0 Å². The van der Waals surface area contributed by atoms with Gasteiger partial charge in [-0.1, -0.05) is 12.1 Å². The smallest absolute Gasteiger partial charge is 0.257 e. The summed E-state index contributed by atoms with van der Waals surface area (Å²) < 4.78 is 0. The van der Waals surface area contributed by atoms with Crippen molar-refractivity contribution in [3.63, 3.8) is 0 Å². The number of amides is 1. The second-order valence-corrected chi connectivity index (χ2v) is 5.63. The van der Waals surface area contributed by atoms with Gasteiger partial charge in [-0.15, -0.1) is 0 Å². The number of carbonyl (C=O) groups excluding carboxylic acids is 1. The van der Waals surface area contributed by atoms with Gasteiger partial charge in [0.25, 0.3) is 5.91 Å². The van der Waals surface area contributed by atoms with Crippen molar-refractivity contribution in [1.29, 1.82) is 0 Å². The molecule has 0 saturated heterocycles. The Labute approximate surface area is 130 Å². The van der Waals surface area contributed by atoms with Crippen LogP contribution in [0.4, 0.5) is 5.69 Å². The number of hydrogen-bond donors (Lipinski definition) is 1. The molecule has 112 valence electrons. The topological polar surface area (TPSA) is 45.2 Å². The number of aryl methyl sites for hydroxylation is 1. The Kier molecular flexibility index (Phi) is 3.92. The summed E-state index contributed by atoms with van der Waals surface area (Å²) in [5.41, 5.74) is 5.00. The number of nitrogens with zero attached hydrogens (tertiary/aromatic N) is 2. The van der Waals surface area contributed by atoms with Crippen LogP contribution in [-0.2, 0) is 11.2 Å². The van der Waals surface area contributed by atoms with Crippen molar-refractivity contribution in [1.82, 2.24) is 9.88 Å². The van der Waals surface area contributed by atoms with Gasteiger partial charge in [0.2, 0.25) is 0 Å². The summed E-state index contributed by atoms with van der Waals surface area (Å²) in [5.74, 6) is -0.0311. The van der Waals surface area contributed by atoms with Crippen molar-refractivity contribution in [2.45, 2.75) is 13.3 Å². The molecule has 0 atom stereocenters. The number of pyridine rings is 1. The number of likely N-dealkylation sites (N-methyl/N-ethyl adjacent to an activating group) is 1. The molecule has 0 spiro atoms. The van der Waals surface area contributed by atoms with Gasteiger partial charge in [-0.3, -0.25) is 9.78 Å². The van der Waals surface area contributed by atoms with E-state index in [-0.39, 0.29) is 5.91 Å². The Morgan fingerprint density at radius 1 is 1.23 bits per heavy atom. The Hall–Kier alpha value is -2.62. The molecule has 0 unspecified atom stereocenters. The molecule has 0 saturated carbocycles. The zero-order valence-corrected chi connectivity index (χ0v) is 12.8. The molecule has 0 radical (unpaired) electrons. The van der Waals surface area contributed by atoms with Crippen LogP contribution >= 0.6 is 0 Å². The van der Waals surface area contributed by atoms with Crippen molar-refractivity contribution in [2.24, 2.45) is 0 Å². The molecule has 4 nitrogen and oxygen atoms in total. The quantitative estimate of drug-likeness (QED) is 0.882. The van der Waals surface area contributed by atoms with Gasteiger partial charge >= 0.3 is 0 Å². The van der Waals surface area contributed by atoms with E-state index in [1.54, 1.807) is 12.4 Å². The number of anilines is 1. The Morgan fingerprint density at radius 3 is 2.77 bits per heavy atom. The Bertz CT molecular complexity index is 722. The monoisotopic (exact) mass is 293 g/mol. The van der Waals surface area contributed by atoms with Crippen LogP contribution in [-0.4, -0.2) is 29.4 Å². The predicted octanol–water partition coefficient (Wildman–Crippen LogP) is 2.86. The van der Waals surface area contributed by atoms with Crippen LogP contribution in [0.2, 0.25) is 0 Å². The Morgan fingerprint density at radius 2 is 2.00 bits per heavy atom. The van der Waals surface area contributed by atoms with Crippen LogP contribution in [0.3, 0.4) is 0 Å². The predicted molar refractivity (Wildman–Crippen MR) is 88.4 cm³/mol. The van der Waals surface area contributed by atoms with Gasteiger partial charge in [-0.25, -0.2) is 0 Å². The van der Waals surface area contributed by atoms with Crippen molar-refractivity contribution in [2.75, 3.05) is 18.9 Å². The minimum atomic E-state index is -0.0311. The number of fused-ring (bicyclic) bond motifs is 1. The largest absolute Gasteiger partial charge is 0.379 e. The average molecular weight is 293 g/mol. The highest BCUT2D eigenvalue weighted by Crippen LogP contribution is 2.32. The maximum atomic E-state index is 12.1. The number of benzene rings is 1. The summed E-state index contributed by atoms with van der Waals surface area (Å²) >= 11 is 0. The molecule has 1 aliphatic rings. The van der Waals surface area contributed by atoms with Crippen molar-refractivity contribution in [3.05, 3.63) is 65.6 Å². The molecule has 1 aliphatic heterocycles. The summed E-state index contributed by atoms with van der Waals surface area (Å²) in [5, 5.41) is 2.93. The van der Waals surface area contributed by atoms with E-state index in [0.29, 0.717) is 0 Å². The van der Waals surface area contributed by atoms with E-state index < -0.39 is 0 Å². The molecular formula is C18H19N3O. The van der Waals surface area contributed by atoms with E-state index in [1.165, 1.54) is 5.56 Å². The first-order valence-corrected chi connectivity index (χ1v) is 7.37. The molecule has 2 aromatic rings. The lowest BCUT2D eigenvalue weighted by Crippen LogP contribution is -2.16. The van der Waals surface area contributed by atoms with Gasteiger partial charge in [0.05, 0.1) is 5.57 Å². The minimum Gasteiger partial charge on any atom is -0.379 e. The Balaban J connectivity index is 1.73. The fourth-order valence-electron chi connectivity index (χ4n) is 2.58. The van der Waals surface area contributed by atoms with E-state index in [0.717, 1.165) is 35.4 Å². The standard InChI is InChI=1S/C18H19N3O/c1-13-3-4-15-16(18(22)20-17(15)11-13)12-21(2)10-7-14-5-8-19-9-6-14/h3-6,8-9,11-12H,7,10H2,1-2H3,(H,20,22)/b16-12+. The summed E-state index contributed by atoms with van der Waals surface area (Å²) in [6.07, 6.45) is 6.45. The molecule has 1 amide bonds. The first-order valence-electron chi connectivity index (χ1n) is 7.37. The molecule has 2 heterocycles. The van der Waals surface area contributed by atoms with Gasteiger partial charge in [0.15, 0.2) is 0 Å². The SMILES string of the molecule is Cc1ccc2c(c1)NC(=O)/C2=C/N(C)CCc1ccncc1. The van der Waals surface area contributed by atoms with E-state index in [1.807, 2.05) is 50.5 Å². The maximum absolute atomic E-state index is 12.1. The molecule has 1 N–H and O–H groups in total. The van der Waals surface area contributed by atoms with Gasteiger partial charge in [0, 0.05) is 43.4 Å². The third kappa shape index (κ3) is 3.01. The highest BCUT2D eigenvalue weighted by Gasteiger charge is 2.24. The third-order valence-corrected chi connectivity index (χ3v) is 3.81. The van der Waals surface area contributed by atoms with Crippen molar-refractivity contribution < 1.29 is 4.79 Å². The lowest BCUT2D eigenvalue weighted by molar-refractivity contribution is -0.110. The van der Waals surface area contributed by atoms with Gasteiger partial charge in [-0.2, -0.15) is 0 Å². The zero-order valence-electron chi connectivity index (χ0n) is 12.8. The number of hydrogen-bond acceptors (Lipinski definition) is 3. The van der Waals surface area contributed by atoms with Crippen molar-refractivity contribution >= 4 is 17.2 Å². The molecule has 0 fully saturated rings. The molecular weight excluding hydrogens is 274 g/mol. The molecule has 1 aromatic carbocycles. The average Bonchev–Trinajstić information content (AvgIpc) is 2.81. The fourth-order valence-corrected chi connectivity index (χ4v) is 2.58. The molecule has 22 heavy (non-hydrogen) atoms. The molecule has 3 rings (SSSR count). The molecule has 4 heteroatoms. The third-order valence-electron chi connectivity index (χ3n) is 3.81. The van der Waals surface area contributed by atoms with E-state index >= 15 is 0 Å². The molecule has 0 bridgehead atoms. The summed E-state index contributed by atoms with van der Waals surface area (Å²) in [6.45, 7) is 2.87. The summed E-state index contributed by atoms with van der Waals surface area (Å²) in [6, 6.07) is 10.1. The molecule has 0 aliphatic carbocycles. The van der Waals surface area contributed by atoms with Crippen molar-refractivity contribution in [3.8, 4) is 0 Å². The highest BCUT2D eigenvalue weighted by atomic mass is 16.2. The van der Waals surface area contributed by atoms with Crippen LogP contribution in [0.15, 0.2) is 48.9 Å². The van der Waals surface area contributed by atoms with Gasteiger partial charge < -0.3 is 10.2 Å². The van der Waals surface area contributed by atoms with E-state index in [4.69, 9.17) is 0 Å². The minimum absolute atomic E-state index is 0.0311. The van der Waals surface area contributed by atoms with Crippen LogP contribution in [0, 0.1) is 6.92 Å². The first-order chi connectivity index (χ1) is 10.6. The zero-order chi connectivity index (χ0) is 15.5. The highest BCUT2D eigenvalue weighted by molar-refractivity contribution is 6.31. The fraction of sp³-hybridized carbons (Fsp3) is 0.222. The summed E-state index contributed by atoms with van der Waals surface area (Å²) in [4.78, 5) is 18.2. The van der Waals surface area contributed by atoms with E-state index in [9.17, 15) is 4.79 Å². The number of aromatic nitrogens is 1.